The Balaban J connectivity index is 1.35. The molecule has 1 unspecified atom stereocenters. The molecule has 29 heavy (non-hydrogen) atoms. The molecule has 1 aromatic heterocycles. The van der Waals surface area contributed by atoms with Crippen LogP contribution in [0.3, 0.4) is 0 Å². The highest BCUT2D eigenvalue weighted by atomic mass is 79.9. The molecule has 1 aliphatic carbocycles. The monoisotopic (exact) mass is 460 g/mol. The van der Waals surface area contributed by atoms with Gasteiger partial charge in [0, 0.05) is 29.7 Å². The van der Waals surface area contributed by atoms with Crippen molar-refractivity contribution in [2.75, 3.05) is 20.1 Å². The van der Waals surface area contributed by atoms with Crippen molar-refractivity contribution >= 4 is 21.8 Å². The van der Waals surface area contributed by atoms with Gasteiger partial charge < -0.3 is 9.42 Å². The van der Waals surface area contributed by atoms with Gasteiger partial charge in [-0.05, 0) is 56.5 Å². The van der Waals surface area contributed by atoms with Gasteiger partial charge in [-0.1, -0.05) is 40.3 Å². The van der Waals surface area contributed by atoms with Crippen LogP contribution < -0.4 is 0 Å². The van der Waals surface area contributed by atoms with Crippen LogP contribution in [0, 0.1) is 5.92 Å². The number of carbonyl (C=O) groups is 1. The van der Waals surface area contributed by atoms with E-state index in [1.165, 1.54) is 19.3 Å². The van der Waals surface area contributed by atoms with Gasteiger partial charge >= 0.3 is 0 Å². The van der Waals surface area contributed by atoms with Crippen molar-refractivity contribution in [2.45, 2.75) is 57.5 Å². The van der Waals surface area contributed by atoms with E-state index in [0.717, 1.165) is 48.8 Å². The zero-order valence-corrected chi connectivity index (χ0v) is 18.6. The van der Waals surface area contributed by atoms with E-state index in [2.05, 4.69) is 31.0 Å². The molecule has 156 valence electrons. The van der Waals surface area contributed by atoms with Crippen LogP contribution in [0.5, 0.6) is 0 Å². The molecule has 4 rings (SSSR count). The summed E-state index contributed by atoms with van der Waals surface area (Å²) in [5.74, 6) is 1.60. The highest BCUT2D eigenvalue weighted by molar-refractivity contribution is 9.10. The molecule has 1 aliphatic heterocycles. The van der Waals surface area contributed by atoms with E-state index < -0.39 is 0 Å². The number of nitrogens with zero attached hydrogens (tertiary/aromatic N) is 4. The summed E-state index contributed by atoms with van der Waals surface area (Å²) in [5.41, 5.74) is 0.934. The zero-order chi connectivity index (χ0) is 20.2. The smallest absolute Gasteiger partial charge is 0.241 e. The molecule has 0 bridgehead atoms. The first-order valence-corrected chi connectivity index (χ1v) is 11.5. The second-order valence-corrected chi connectivity index (χ2v) is 9.25. The molecule has 2 heterocycles. The van der Waals surface area contributed by atoms with Gasteiger partial charge in [0.25, 0.3) is 0 Å². The fraction of sp³-hybridized carbons (Fsp3) is 0.591. The van der Waals surface area contributed by atoms with Crippen molar-refractivity contribution < 1.29 is 9.32 Å². The molecule has 2 fully saturated rings. The number of hydrogen-bond acceptors (Lipinski definition) is 5. The topological polar surface area (TPSA) is 62.5 Å². The van der Waals surface area contributed by atoms with Gasteiger partial charge in [-0.3, -0.25) is 9.69 Å². The van der Waals surface area contributed by atoms with Crippen molar-refractivity contribution in [1.29, 1.82) is 0 Å². The van der Waals surface area contributed by atoms with E-state index in [0.29, 0.717) is 30.2 Å². The summed E-state index contributed by atoms with van der Waals surface area (Å²) in [4.78, 5) is 21.9. The second kappa shape index (κ2) is 9.39. The van der Waals surface area contributed by atoms with Crippen LogP contribution in [-0.4, -0.2) is 52.0 Å². The van der Waals surface area contributed by atoms with Crippen LogP contribution in [0.25, 0.3) is 11.4 Å². The number of rotatable bonds is 5. The molecule has 1 aromatic carbocycles. The van der Waals surface area contributed by atoms with Crippen molar-refractivity contribution in [1.82, 2.24) is 19.9 Å². The first-order valence-electron chi connectivity index (χ1n) is 10.7. The molecule has 1 saturated heterocycles. The Kier molecular flexibility index (Phi) is 6.65. The first-order chi connectivity index (χ1) is 14.1. The molecule has 7 heteroatoms. The van der Waals surface area contributed by atoms with Crippen LogP contribution in [-0.2, 0) is 11.3 Å². The zero-order valence-electron chi connectivity index (χ0n) is 17.0. The van der Waals surface area contributed by atoms with Crippen LogP contribution in [0.15, 0.2) is 33.3 Å². The maximum atomic E-state index is 13.1. The largest absolute Gasteiger partial charge is 0.342 e. The van der Waals surface area contributed by atoms with Crippen LogP contribution >= 0.6 is 15.9 Å². The summed E-state index contributed by atoms with van der Waals surface area (Å²) < 4.78 is 6.50. The predicted molar refractivity (Wildman–Crippen MR) is 115 cm³/mol. The minimum Gasteiger partial charge on any atom is -0.342 e. The van der Waals surface area contributed by atoms with Gasteiger partial charge in [0.05, 0.1) is 12.5 Å². The molecule has 1 atom stereocenters. The lowest BCUT2D eigenvalue weighted by atomic mass is 9.91. The quantitative estimate of drug-likeness (QED) is 0.656. The molecule has 0 radical (unpaired) electrons. The van der Waals surface area contributed by atoms with E-state index in [4.69, 9.17) is 4.52 Å². The third-order valence-electron chi connectivity index (χ3n) is 6.25. The van der Waals surface area contributed by atoms with E-state index in [1.807, 2.05) is 36.2 Å². The molecular weight excluding hydrogens is 432 g/mol. The first kappa shape index (κ1) is 20.5. The van der Waals surface area contributed by atoms with Gasteiger partial charge in [0.2, 0.25) is 17.6 Å². The maximum Gasteiger partial charge on any atom is 0.241 e. The summed E-state index contributed by atoms with van der Waals surface area (Å²) in [6.45, 7) is 2.33. The number of piperidine rings is 1. The average molecular weight is 461 g/mol. The average Bonchev–Trinajstić information content (AvgIpc) is 3.22. The molecule has 1 amide bonds. The SMILES string of the molecule is CN(C(=O)C1CCCN(Cc2nc(-c3ccc(Br)cc3)no2)C1)C1CCCCC1. The highest BCUT2D eigenvalue weighted by Gasteiger charge is 2.31. The minimum atomic E-state index is 0.0736. The normalized spacial score (nSPS) is 21.2. The number of halogens is 1. The number of amides is 1. The van der Waals surface area contributed by atoms with Gasteiger partial charge in [-0.15, -0.1) is 0 Å². The fourth-order valence-corrected chi connectivity index (χ4v) is 4.83. The van der Waals surface area contributed by atoms with Gasteiger partial charge in [-0.25, -0.2) is 0 Å². The summed E-state index contributed by atoms with van der Waals surface area (Å²) >= 11 is 3.44. The Hall–Kier alpha value is -1.73. The van der Waals surface area contributed by atoms with E-state index in [9.17, 15) is 4.79 Å². The van der Waals surface area contributed by atoms with Crippen molar-refractivity contribution in [2.24, 2.45) is 5.92 Å². The summed E-state index contributed by atoms with van der Waals surface area (Å²) in [6, 6.07) is 8.30. The van der Waals surface area contributed by atoms with E-state index >= 15 is 0 Å². The van der Waals surface area contributed by atoms with Gasteiger partial charge in [-0.2, -0.15) is 4.98 Å². The van der Waals surface area contributed by atoms with E-state index in [-0.39, 0.29) is 5.92 Å². The minimum absolute atomic E-state index is 0.0736. The molecular formula is C22H29BrN4O2. The molecule has 2 aliphatic rings. The number of benzene rings is 1. The lowest BCUT2D eigenvalue weighted by Crippen LogP contribution is -2.47. The molecule has 6 nitrogen and oxygen atoms in total. The molecule has 1 saturated carbocycles. The second-order valence-electron chi connectivity index (χ2n) is 8.33. The van der Waals surface area contributed by atoms with Crippen molar-refractivity contribution in [3.05, 3.63) is 34.6 Å². The Bertz CT molecular complexity index is 816. The van der Waals surface area contributed by atoms with Gasteiger partial charge in [0.1, 0.15) is 0 Å². The molecule has 0 N–H and O–H groups in total. The van der Waals surface area contributed by atoms with Gasteiger partial charge in [0.15, 0.2) is 0 Å². The predicted octanol–water partition coefficient (Wildman–Crippen LogP) is 4.50. The Morgan fingerprint density at radius 3 is 2.69 bits per heavy atom. The Morgan fingerprint density at radius 2 is 1.93 bits per heavy atom. The third kappa shape index (κ3) is 5.07. The number of hydrogen-bond donors (Lipinski definition) is 0. The number of carbonyl (C=O) groups excluding carboxylic acids is 1. The van der Waals surface area contributed by atoms with Crippen LogP contribution in [0.2, 0.25) is 0 Å². The number of likely N-dealkylation sites (tertiary alicyclic amines) is 1. The summed E-state index contributed by atoms with van der Waals surface area (Å²) in [7, 11) is 2.00. The summed E-state index contributed by atoms with van der Waals surface area (Å²) in [5, 5.41) is 4.12. The highest BCUT2D eigenvalue weighted by Crippen LogP contribution is 2.26. The number of aromatic nitrogens is 2. The molecule has 2 aromatic rings. The third-order valence-corrected chi connectivity index (χ3v) is 6.78. The Morgan fingerprint density at radius 1 is 1.17 bits per heavy atom. The maximum absolute atomic E-state index is 13.1. The van der Waals surface area contributed by atoms with Crippen LogP contribution in [0.1, 0.15) is 50.8 Å². The Labute approximate surface area is 180 Å². The van der Waals surface area contributed by atoms with E-state index in [1.54, 1.807) is 0 Å². The lowest BCUT2D eigenvalue weighted by Gasteiger charge is -2.37. The van der Waals surface area contributed by atoms with Crippen LogP contribution in [0.4, 0.5) is 0 Å². The van der Waals surface area contributed by atoms with Crippen molar-refractivity contribution in [3.8, 4) is 11.4 Å². The van der Waals surface area contributed by atoms with Crippen molar-refractivity contribution in [3.63, 3.8) is 0 Å². The molecule has 0 spiro atoms. The lowest BCUT2D eigenvalue weighted by molar-refractivity contribution is -0.138. The fourth-order valence-electron chi connectivity index (χ4n) is 4.56. The standard InChI is InChI=1S/C22H29BrN4O2/c1-26(19-7-3-2-4-8-19)22(28)17-6-5-13-27(14-17)15-20-24-21(25-29-20)16-9-11-18(23)12-10-16/h9-12,17,19H,2-8,13-15H2,1H3. The summed E-state index contributed by atoms with van der Waals surface area (Å²) in [6.07, 6.45) is 8.11.